The number of ether oxygens (including phenoxy) is 2. The lowest BCUT2D eigenvalue weighted by molar-refractivity contribution is -0.0524. The molecule has 2 aromatic heterocycles. The van der Waals surface area contributed by atoms with Crippen molar-refractivity contribution in [2.45, 2.75) is 25.4 Å². The SMILES string of the molecule is COc1nc(Cl)nc2c1ncn2C1OC(CO)[C@](C)(CO)C1F. The Hall–Kier alpha value is -1.55. The largest absolute Gasteiger partial charge is 0.479 e. The standard InChI is InChI=1S/C13H16ClFN4O4/c1-13(4-21)6(3-20)23-11(8(13)15)19-5-16-7-9(19)17-12(14)18-10(7)22-2/h5-6,8,11,20-21H,3-4H2,1-2H3/t6?,8?,11?,13-/m0/s1. The zero-order valence-corrected chi connectivity index (χ0v) is 13.2. The van der Waals surface area contributed by atoms with Crippen LogP contribution in [0.25, 0.3) is 11.2 Å². The van der Waals surface area contributed by atoms with Crippen LogP contribution in [0.2, 0.25) is 5.28 Å². The number of nitrogens with zero attached hydrogens (tertiary/aromatic N) is 4. The van der Waals surface area contributed by atoms with E-state index >= 15 is 0 Å². The number of aliphatic hydroxyl groups excluding tert-OH is 2. The maximum atomic E-state index is 14.9. The summed E-state index contributed by atoms with van der Waals surface area (Å²) in [6, 6.07) is 0. The molecule has 0 saturated carbocycles. The van der Waals surface area contributed by atoms with Crippen molar-refractivity contribution in [3.8, 4) is 5.88 Å². The summed E-state index contributed by atoms with van der Waals surface area (Å²) >= 11 is 5.86. The Morgan fingerprint density at radius 2 is 2.22 bits per heavy atom. The topological polar surface area (TPSA) is 103 Å². The monoisotopic (exact) mass is 346 g/mol. The van der Waals surface area contributed by atoms with E-state index in [1.807, 2.05) is 0 Å². The second-order valence-corrected chi connectivity index (χ2v) is 5.93. The third kappa shape index (κ3) is 2.35. The first-order chi connectivity index (χ1) is 11.0. The van der Waals surface area contributed by atoms with Gasteiger partial charge in [0.2, 0.25) is 11.2 Å². The van der Waals surface area contributed by atoms with Gasteiger partial charge in [0.1, 0.15) is 0 Å². The Bertz CT molecular complexity index is 729. The Morgan fingerprint density at radius 1 is 1.48 bits per heavy atom. The summed E-state index contributed by atoms with van der Waals surface area (Å²) in [5, 5.41) is 18.9. The van der Waals surface area contributed by atoms with Crippen LogP contribution in [0, 0.1) is 5.41 Å². The van der Waals surface area contributed by atoms with Crippen LogP contribution in [0.5, 0.6) is 5.88 Å². The van der Waals surface area contributed by atoms with Crippen molar-refractivity contribution in [1.29, 1.82) is 0 Å². The number of hydrogen-bond acceptors (Lipinski definition) is 7. The molecule has 2 N–H and O–H groups in total. The van der Waals surface area contributed by atoms with Gasteiger partial charge in [-0.1, -0.05) is 6.92 Å². The van der Waals surface area contributed by atoms with Crippen molar-refractivity contribution < 1.29 is 24.1 Å². The summed E-state index contributed by atoms with van der Waals surface area (Å²) in [6.45, 7) is 0.626. The van der Waals surface area contributed by atoms with Gasteiger partial charge in [-0.15, -0.1) is 0 Å². The summed E-state index contributed by atoms with van der Waals surface area (Å²) in [4.78, 5) is 12.1. The Labute approximate surface area is 135 Å². The van der Waals surface area contributed by atoms with E-state index < -0.39 is 37.1 Å². The van der Waals surface area contributed by atoms with Crippen molar-refractivity contribution in [2.75, 3.05) is 20.3 Å². The molecule has 0 aliphatic carbocycles. The minimum absolute atomic E-state index is 0.0758. The highest BCUT2D eigenvalue weighted by Gasteiger charge is 2.54. The number of methoxy groups -OCH3 is 1. The fourth-order valence-electron chi connectivity index (χ4n) is 2.74. The molecular formula is C13H16ClFN4O4. The van der Waals surface area contributed by atoms with Gasteiger partial charge in [0.15, 0.2) is 23.6 Å². The van der Waals surface area contributed by atoms with Crippen LogP contribution < -0.4 is 4.74 Å². The number of aromatic nitrogens is 4. The van der Waals surface area contributed by atoms with E-state index in [4.69, 9.17) is 21.1 Å². The minimum atomic E-state index is -1.58. The smallest absolute Gasteiger partial charge is 0.246 e. The van der Waals surface area contributed by atoms with Crippen LogP contribution in [-0.2, 0) is 4.74 Å². The van der Waals surface area contributed by atoms with Gasteiger partial charge < -0.3 is 19.7 Å². The van der Waals surface area contributed by atoms with Crippen LogP contribution >= 0.6 is 11.6 Å². The number of alkyl halides is 1. The molecule has 126 valence electrons. The number of rotatable bonds is 4. The van der Waals surface area contributed by atoms with E-state index in [9.17, 15) is 14.6 Å². The summed E-state index contributed by atoms with van der Waals surface area (Å²) in [6.07, 6.45) is -2.21. The maximum Gasteiger partial charge on any atom is 0.246 e. The lowest BCUT2D eigenvalue weighted by Crippen LogP contribution is -2.40. The number of halogens is 2. The van der Waals surface area contributed by atoms with Crippen molar-refractivity contribution in [3.63, 3.8) is 0 Å². The molecule has 1 aliphatic rings. The maximum absolute atomic E-state index is 14.9. The fraction of sp³-hybridized carbons (Fsp3) is 0.615. The molecule has 4 atom stereocenters. The second kappa shape index (κ2) is 5.82. The first-order valence-electron chi connectivity index (χ1n) is 6.91. The van der Waals surface area contributed by atoms with Crippen molar-refractivity contribution in [3.05, 3.63) is 11.6 Å². The molecule has 0 aromatic carbocycles. The molecule has 0 bridgehead atoms. The molecule has 10 heteroatoms. The van der Waals surface area contributed by atoms with Crippen molar-refractivity contribution >= 4 is 22.8 Å². The summed E-state index contributed by atoms with van der Waals surface area (Å²) < 4.78 is 26.9. The molecule has 23 heavy (non-hydrogen) atoms. The molecule has 3 rings (SSSR count). The van der Waals surface area contributed by atoms with Crippen LogP contribution in [0.15, 0.2) is 6.33 Å². The van der Waals surface area contributed by atoms with Gasteiger partial charge in [-0.25, -0.2) is 9.37 Å². The predicted octanol–water partition coefficient (Wildman–Crippen LogP) is 0.715. The molecule has 0 amide bonds. The summed E-state index contributed by atoms with van der Waals surface area (Å²) in [7, 11) is 1.41. The number of hydrogen-bond donors (Lipinski definition) is 2. The second-order valence-electron chi connectivity index (χ2n) is 5.59. The van der Waals surface area contributed by atoms with Crippen LogP contribution in [0.3, 0.4) is 0 Å². The molecular weight excluding hydrogens is 331 g/mol. The van der Waals surface area contributed by atoms with E-state index in [1.54, 1.807) is 0 Å². The lowest BCUT2D eigenvalue weighted by Gasteiger charge is -2.27. The Kier molecular flexibility index (Phi) is 4.13. The minimum Gasteiger partial charge on any atom is -0.479 e. The molecule has 0 radical (unpaired) electrons. The highest BCUT2D eigenvalue weighted by atomic mass is 35.5. The van der Waals surface area contributed by atoms with E-state index in [2.05, 4.69) is 15.0 Å². The van der Waals surface area contributed by atoms with Gasteiger partial charge in [0.25, 0.3) is 0 Å². The van der Waals surface area contributed by atoms with Gasteiger partial charge in [-0.05, 0) is 11.6 Å². The zero-order chi connectivity index (χ0) is 16.8. The number of fused-ring (bicyclic) bond motifs is 1. The van der Waals surface area contributed by atoms with Crippen LogP contribution in [-0.4, -0.2) is 62.3 Å². The number of aliphatic hydroxyl groups is 2. The van der Waals surface area contributed by atoms with Gasteiger partial charge in [0.05, 0.1) is 38.2 Å². The van der Waals surface area contributed by atoms with Crippen LogP contribution in [0.4, 0.5) is 4.39 Å². The third-order valence-electron chi connectivity index (χ3n) is 4.26. The first-order valence-corrected chi connectivity index (χ1v) is 7.29. The molecule has 1 fully saturated rings. The highest BCUT2D eigenvalue weighted by molar-refractivity contribution is 6.28. The summed E-state index contributed by atoms with van der Waals surface area (Å²) in [5.41, 5.74) is -0.684. The molecule has 1 saturated heterocycles. The van der Waals surface area contributed by atoms with Gasteiger partial charge in [-0.3, -0.25) is 4.57 Å². The van der Waals surface area contributed by atoms with E-state index in [0.29, 0.717) is 5.52 Å². The fourth-order valence-corrected chi connectivity index (χ4v) is 2.89. The van der Waals surface area contributed by atoms with E-state index in [0.717, 1.165) is 0 Å². The highest BCUT2D eigenvalue weighted by Crippen LogP contribution is 2.46. The van der Waals surface area contributed by atoms with Crippen molar-refractivity contribution in [2.24, 2.45) is 5.41 Å². The first kappa shape index (κ1) is 16.3. The molecule has 1 aliphatic heterocycles. The third-order valence-corrected chi connectivity index (χ3v) is 4.42. The van der Waals surface area contributed by atoms with Gasteiger partial charge >= 0.3 is 0 Å². The quantitative estimate of drug-likeness (QED) is 0.786. The van der Waals surface area contributed by atoms with Gasteiger partial charge in [0, 0.05) is 0 Å². The van der Waals surface area contributed by atoms with E-state index in [-0.39, 0.29) is 16.8 Å². The predicted molar refractivity (Wildman–Crippen MR) is 78.0 cm³/mol. The number of imidazole rings is 1. The zero-order valence-electron chi connectivity index (χ0n) is 12.5. The van der Waals surface area contributed by atoms with Crippen LogP contribution in [0.1, 0.15) is 13.2 Å². The van der Waals surface area contributed by atoms with E-state index in [1.165, 1.54) is 24.9 Å². The molecule has 3 unspecified atom stereocenters. The summed E-state index contributed by atoms with van der Waals surface area (Å²) in [5.74, 6) is 0.163. The molecule has 0 spiro atoms. The normalized spacial score (nSPS) is 31.0. The average Bonchev–Trinajstić information content (AvgIpc) is 3.07. The molecule has 8 nitrogen and oxygen atoms in total. The van der Waals surface area contributed by atoms with Crippen molar-refractivity contribution in [1.82, 2.24) is 19.5 Å². The molecule has 3 heterocycles. The Morgan fingerprint density at radius 3 is 2.78 bits per heavy atom. The average molecular weight is 347 g/mol. The Balaban J connectivity index is 2.09. The lowest BCUT2D eigenvalue weighted by atomic mass is 9.82. The molecule has 2 aromatic rings. The van der Waals surface area contributed by atoms with Gasteiger partial charge in [-0.2, -0.15) is 9.97 Å².